The molecule has 1 fully saturated rings. The minimum absolute atomic E-state index is 0.153. The van der Waals surface area contributed by atoms with Crippen LogP contribution in [0.3, 0.4) is 0 Å². The number of amides is 1. The van der Waals surface area contributed by atoms with Crippen molar-refractivity contribution in [3.63, 3.8) is 0 Å². The first kappa shape index (κ1) is 15.8. The van der Waals surface area contributed by atoms with Crippen molar-refractivity contribution in [2.45, 2.75) is 20.4 Å². The van der Waals surface area contributed by atoms with Crippen LogP contribution in [0.1, 0.15) is 27.0 Å². The van der Waals surface area contributed by atoms with Crippen LogP contribution in [0.25, 0.3) is 0 Å². The average Bonchev–Trinajstić information content (AvgIpc) is 2.58. The Kier molecular flexibility index (Phi) is 4.77. The topological polar surface area (TPSA) is 23.6 Å². The van der Waals surface area contributed by atoms with Gasteiger partial charge >= 0.3 is 0 Å². The van der Waals surface area contributed by atoms with Crippen LogP contribution in [0.15, 0.2) is 48.5 Å². The first-order chi connectivity index (χ1) is 11.1. The van der Waals surface area contributed by atoms with Gasteiger partial charge in [-0.15, -0.1) is 0 Å². The van der Waals surface area contributed by atoms with E-state index < -0.39 is 0 Å². The molecular weight excluding hydrogens is 284 g/mol. The predicted octanol–water partition coefficient (Wildman–Crippen LogP) is 3.26. The van der Waals surface area contributed by atoms with Crippen LogP contribution in [0, 0.1) is 13.8 Å². The summed E-state index contributed by atoms with van der Waals surface area (Å²) in [5.74, 6) is 0.153. The molecule has 3 heteroatoms. The summed E-state index contributed by atoms with van der Waals surface area (Å²) in [6, 6.07) is 16.6. The highest BCUT2D eigenvalue weighted by molar-refractivity contribution is 5.94. The fourth-order valence-electron chi connectivity index (χ4n) is 2.94. The van der Waals surface area contributed by atoms with Gasteiger partial charge in [-0.05, 0) is 31.5 Å². The molecule has 0 N–H and O–H groups in total. The number of nitrogens with zero attached hydrogens (tertiary/aromatic N) is 2. The molecule has 3 nitrogen and oxygen atoms in total. The minimum atomic E-state index is 0.153. The van der Waals surface area contributed by atoms with Crippen LogP contribution in [0.5, 0.6) is 0 Å². The maximum absolute atomic E-state index is 12.5. The predicted molar refractivity (Wildman–Crippen MR) is 93.5 cm³/mol. The second kappa shape index (κ2) is 6.97. The monoisotopic (exact) mass is 308 g/mol. The molecule has 3 rings (SSSR count). The molecule has 23 heavy (non-hydrogen) atoms. The van der Waals surface area contributed by atoms with Crippen LogP contribution in [0.4, 0.5) is 0 Å². The number of carbonyl (C=O) groups is 1. The summed E-state index contributed by atoms with van der Waals surface area (Å²) in [6.45, 7) is 8.60. The molecule has 120 valence electrons. The van der Waals surface area contributed by atoms with E-state index in [1.165, 1.54) is 16.7 Å². The van der Waals surface area contributed by atoms with Crippen molar-refractivity contribution < 1.29 is 4.79 Å². The summed E-state index contributed by atoms with van der Waals surface area (Å²) in [6.07, 6.45) is 0. The summed E-state index contributed by atoms with van der Waals surface area (Å²) in [5.41, 5.74) is 4.61. The fraction of sp³-hybridized carbons (Fsp3) is 0.350. The lowest BCUT2D eigenvalue weighted by atomic mass is 10.1. The van der Waals surface area contributed by atoms with Crippen molar-refractivity contribution in [3.8, 4) is 0 Å². The minimum Gasteiger partial charge on any atom is -0.336 e. The van der Waals surface area contributed by atoms with E-state index in [0.717, 1.165) is 38.3 Å². The third kappa shape index (κ3) is 3.99. The van der Waals surface area contributed by atoms with Gasteiger partial charge in [0, 0.05) is 38.3 Å². The molecule has 1 aliphatic heterocycles. The van der Waals surface area contributed by atoms with Gasteiger partial charge in [-0.1, -0.05) is 47.5 Å². The number of rotatable bonds is 3. The molecule has 2 aromatic rings. The maximum atomic E-state index is 12.5. The Bertz CT molecular complexity index is 653. The van der Waals surface area contributed by atoms with Gasteiger partial charge in [-0.3, -0.25) is 9.69 Å². The van der Waals surface area contributed by atoms with Crippen molar-refractivity contribution in [1.82, 2.24) is 9.80 Å². The van der Waals surface area contributed by atoms with Crippen LogP contribution in [-0.2, 0) is 6.54 Å². The Morgan fingerprint density at radius 3 is 1.91 bits per heavy atom. The molecule has 0 unspecified atom stereocenters. The highest BCUT2D eigenvalue weighted by Gasteiger charge is 2.21. The quantitative estimate of drug-likeness (QED) is 0.869. The van der Waals surface area contributed by atoms with Crippen molar-refractivity contribution in [2.24, 2.45) is 0 Å². The van der Waals surface area contributed by atoms with E-state index in [4.69, 9.17) is 0 Å². The second-order valence-electron chi connectivity index (χ2n) is 6.42. The third-order valence-electron chi connectivity index (χ3n) is 4.48. The summed E-state index contributed by atoms with van der Waals surface area (Å²) in [5, 5.41) is 0. The van der Waals surface area contributed by atoms with E-state index in [1.807, 2.05) is 36.1 Å². The van der Waals surface area contributed by atoms with Gasteiger partial charge in [0.05, 0.1) is 0 Å². The van der Waals surface area contributed by atoms with E-state index in [-0.39, 0.29) is 5.91 Å². The molecule has 1 aliphatic rings. The standard InChI is InChI=1S/C20H24N2O/c1-16-3-7-18(8-4-16)15-21-11-13-22(14-12-21)20(23)19-9-5-17(2)6-10-19/h3-10H,11-15H2,1-2H3. The van der Waals surface area contributed by atoms with E-state index in [1.54, 1.807) is 0 Å². The van der Waals surface area contributed by atoms with Crippen LogP contribution in [-0.4, -0.2) is 41.9 Å². The summed E-state index contributed by atoms with van der Waals surface area (Å²) in [7, 11) is 0. The highest BCUT2D eigenvalue weighted by atomic mass is 16.2. The van der Waals surface area contributed by atoms with Crippen LogP contribution >= 0.6 is 0 Å². The normalized spacial score (nSPS) is 15.7. The SMILES string of the molecule is Cc1ccc(CN2CCN(C(=O)c3ccc(C)cc3)CC2)cc1. The van der Waals surface area contributed by atoms with Crippen LogP contribution < -0.4 is 0 Å². The van der Waals surface area contributed by atoms with Gasteiger partial charge in [0.1, 0.15) is 0 Å². The number of hydrogen-bond donors (Lipinski definition) is 0. The Hall–Kier alpha value is -2.13. The molecule has 2 aromatic carbocycles. The van der Waals surface area contributed by atoms with Gasteiger partial charge in [0.15, 0.2) is 0 Å². The zero-order chi connectivity index (χ0) is 16.2. The molecule has 0 aliphatic carbocycles. The molecule has 0 radical (unpaired) electrons. The van der Waals surface area contributed by atoms with Gasteiger partial charge in [0.2, 0.25) is 0 Å². The van der Waals surface area contributed by atoms with Crippen molar-refractivity contribution in [2.75, 3.05) is 26.2 Å². The van der Waals surface area contributed by atoms with E-state index in [0.29, 0.717) is 0 Å². The van der Waals surface area contributed by atoms with Crippen molar-refractivity contribution >= 4 is 5.91 Å². The van der Waals surface area contributed by atoms with Crippen LogP contribution in [0.2, 0.25) is 0 Å². The molecule has 0 bridgehead atoms. The molecule has 1 amide bonds. The van der Waals surface area contributed by atoms with E-state index in [2.05, 4.69) is 36.1 Å². The average molecular weight is 308 g/mol. The largest absolute Gasteiger partial charge is 0.336 e. The molecule has 1 heterocycles. The number of piperazine rings is 1. The Balaban J connectivity index is 1.54. The number of carbonyl (C=O) groups excluding carboxylic acids is 1. The zero-order valence-corrected chi connectivity index (χ0v) is 14.0. The zero-order valence-electron chi connectivity index (χ0n) is 14.0. The van der Waals surface area contributed by atoms with Gasteiger partial charge < -0.3 is 4.90 Å². The lowest BCUT2D eigenvalue weighted by molar-refractivity contribution is 0.0628. The maximum Gasteiger partial charge on any atom is 0.253 e. The van der Waals surface area contributed by atoms with E-state index in [9.17, 15) is 4.79 Å². The first-order valence-electron chi connectivity index (χ1n) is 8.26. The number of aryl methyl sites for hydroxylation is 2. The molecule has 0 aromatic heterocycles. The van der Waals surface area contributed by atoms with Gasteiger partial charge in [-0.2, -0.15) is 0 Å². The lowest BCUT2D eigenvalue weighted by Gasteiger charge is -2.34. The molecule has 0 atom stereocenters. The highest BCUT2D eigenvalue weighted by Crippen LogP contribution is 2.13. The van der Waals surface area contributed by atoms with Gasteiger partial charge in [0.25, 0.3) is 5.91 Å². The Morgan fingerprint density at radius 1 is 0.826 bits per heavy atom. The summed E-state index contributed by atoms with van der Waals surface area (Å²) >= 11 is 0. The molecule has 1 saturated heterocycles. The summed E-state index contributed by atoms with van der Waals surface area (Å²) in [4.78, 5) is 16.9. The molecule has 0 spiro atoms. The molecular formula is C20H24N2O. The second-order valence-corrected chi connectivity index (χ2v) is 6.42. The Morgan fingerprint density at radius 2 is 1.35 bits per heavy atom. The lowest BCUT2D eigenvalue weighted by Crippen LogP contribution is -2.48. The number of benzene rings is 2. The fourth-order valence-corrected chi connectivity index (χ4v) is 2.94. The first-order valence-corrected chi connectivity index (χ1v) is 8.26. The van der Waals surface area contributed by atoms with E-state index >= 15 is 0 Å². The smallest absolute Gasteiger partial charge is 0.253 e. The van der Waals surface area contributed by atoms with Crippen molar-refractivity contribution in [3.05, 3.63) is 70.8 Å². The number of hydrogen-bond acceptors (Lipinski definition) is 2. The summed E-state index contributed by atoms with van der Waals surface area (Å²) < 4.78 is 0. The third-order valence-corrected chi connectivity index (χ3v) is 4.48. The Labute approximate surface area is 138 Å². The van der Waals surface area contributed by atoms with Crippen molar-refractivity contribution in [1.29, 1.82) is 0 Å². The van der Waals surface area contributed by atoms with Gasteiger partial charge in [-0.25, -0.2) is 0 Å². The molecule has 0 saturated carbocycles.